The Hall–Kier alpha value is 1.01. The van der Waals surface area contributed by atoms with Crippen molar-refractivity contribution in [1.29, 1.82) is 0 Å². The maximum Gasteiger partial charge on any atom is 0 e. The molecule has 0 fully saturated rings. The molecule has 0 saturated carbocycles. The van der Waals surface area contributed by atoms with Crippen molar-refractivity contribution in [3.8, 4) is 0 Å². The quantitative estimate of drug-likeness (QED) is 0.407. The second-order valence-electron chi connectivity index (χ2n) is 0. The van der Waals surface area contributed by atoms with Gasteiger partial charge in [0.25, 0.3) is 0 Å². The summed E-state index contributed by atoms with van der Waals surface area (Å²) in [6, 6.07) is 0. The minimum absolute atomic E-state index is 0. The third-order valence-corrected chi connectivity index (χ3v) is 0. The zero-order valence-corrected chi connectivity index (χ0v) is 5.09. The summed E-state index contributed by atoms with van der Waals surface area (Å²) in [6.45, 7) is 0. The van der Waals surface area contributed by atoms with Crippen molar-refractivity contribution in [3.05, 3.63) is 0 Å². The molecular formula is H8HfO2Si. The monoisotopic (exact) mass is 248 g/mol. The smallest absolute Gasteiger partial charge is 0 e. The standard InChI is InChI=1S/Hf.2H2O.H4Si/h;2*1H2;1H4. The van der Waals surface area contributed by atoms with E-state index in [9.17, 15) is 0 Å². The van der Waals surface area contributed by atoms with Gasteiger partial charge in [0.15, 0.2) is 0 Å². The molecule has 4 N–H and O–H groups in total. The van der Waals surface area contributed by atoms with Crippen molar-refractivity contribution in [2.24, 2.45) is 0 Å². The van der Waals surface area contributed by atoms with Crippen LogP contribution in [0.4, 0.5) is 0 Å². The number of rotatable bonds is 0. The molecule has 0 atom stereocenters. The SMILES string of the molecule is O.O.[Hf].[SiH4]. The Morgan fingerprint density at radius 3 is 0.750 bits per heavy atom. The first-order chi connectivity index (χ1) is 0. The van der Waals surface area contributed by atoms with Crippen LogP contribution in [-0.2, 0) is 25.8 Å². The molecule has 4 heavy (non-hydrogen) atoms. The molecular weight excluding hydrogens is 239 g/mol. The largest absolute Gasteiger partial charge is 0.412 e. The van der Waals surface area contributed by atoms with Crippen molar-refractivity contribution in [3.63, 3.8) is 0 Å². The normalized spacial score (nSPS) is 0. The van der Waals surface area contributed by atoms with Gasteiger partial charge in [0.05, 0.1) is 0 Å². The Morgan fingerprint density at radius 1 is 0.750 bits per heavy atom. The second kappa shape index (κ2) is 35.7. The summed E-state index contributed by atoms with van der Waals surface area (Å²) in [5.74, 6) is 0. The van der Waals surface area contributed by atoms with Crippen LogP contribution in [0.3, 0.4) is 0 Å². The zero-order valence-electron chi connectivity index (χ0n) is 1.50. The second-order valence-corrected chi connectivity index (χ2v) is 0. The fraction of sp³-hybridized carbons (Fsp3) is 0. The number of hydrogen-bond acceptors (Lipinski definition) is 0. The van der Waals surface area contributed by atoms with Gasteiger partial charge in [-0.2, -0.15) is 0 Å². The molecule has 2 nitrogen and oxygen atoms in total. The van der Waals surface area contributed by atoms with E-state index in [-0.39, 0.29) is 47.8 Å². The van der Waals surface area contributed by atoms with Crippen LogP contribution in [0, 0.1) is 0 Å². The predicted octanol–water partition coefficient (Wildman–Crippen LogP) is -3.10. The van der Waals surface area contributed by atoms with Crippen molar-refractivity contribution in [2.75, 3.05) is 0 Å². The Kier molecular flexibility index (Phi) is 708. The van der Waals surface area contributed by atoms with Gasteiger partial charge < -0.3 is 11.0 Å². The first-order valence-electron chi connectivity index (χ1n) is 0. The average molecular weight is 247 g/mol. The van der Waals surface area contributed by atoms with Crippen LogP contribution in [0.1, 0.15) is 0 Å². The average Bonchev–Trinajstić information content (AvgIpc) is 0. The van der Waals surface area contributed by atoms with Crippen LogP contribution >= 0.6 is 0 Å². The fourth-order valence-electron chi connectivity index (χ4n) is 0. The van der Waals surface area contributed by atoms with Gasteiger partial charge in [0, 0.05) is 25.8 Å². The van der Waals surface area contributed by atoms with Crippen molar-refractivity contribution in [1.82, 2.24) is 0 Å². The molecule has 0 aliphatic heterocycles. The van der Waals surface area contributed by atoms with Crippen molar-refractivity contribution in [2.45, 2.75) is 0 Å². The first-order valence-corrected chi connectivity index (χ1v) is 0. The van der Waals surface area contributed by atoms with E-state index < -0.39 is 0 Å². The predicted molar refractivity (Wildman–Crippen MR) is 18.6 cm³/mol. The van der Waals surface area contributed by atoms with E-state index in [1.807, 2.05) is 0 Å². The molecule has 0 unspecified atom stereocenters. The van der Waals surface area contributed by atoms with Gasteiger partial charge in [-0.05, 0) is 11.0 Å². The topological polar surface area (TPSA) is 63.0 Å². The third kappa shape index (κ3) is 11.9. The van der Waals surface area contributed by atoms with E-state index in [2.05, 4.69) is 0 Å². The van der Waals surface area contributed by atoms with Crippen LogP contribution in [0.15, 0.2) is 0 Å². The van der Waals surface area contributed by atoms with Gasteiger partial charge in [0.2, 0.25) is 0 Å². The molecule has 0 bridgehead atoms. The summed E-state index contributed by atoms with van der Waals surface area (Å²) in [5.41, 5.74) is 0. The molecule has 0 saturated heterocycles. The van der Waals surface area contributed by atoms with Crippen molar-refractivity contribution < 1.29 is 36.8 Å². The Labute approximate surface area is 48.0 Å². The van der Waals surface area contributed by atoms with E-state index in [0.29, 0.717) is 0 Å². The molecule has 0 aromatic carbocycles. The third-order valence-electron chi connectivity index (χ3n) is 0. The van der Waals surface area contributed by atoms with E-state index in [4.69, 9.17) is 0 Å². The van der Waals surface area contributed by atoms with E-state index in [0.717, 1.165) is 0 Å². The molecule has 0 amide bonds. The van der Waals surface area contributed by atoms with E-state index in [1.54, 1.807) is 0 Å². The molecule has 0 aromatic heterocycles. The molecule has 0 heterocycles. The Bertz CT molecular complexity index is 6.00. The minimum Gasteiger partial charge on any atom is -0.412 e. The summed E-state index contributed by atoms with van der Waals surface area (Å²) < 4.78 is 0. The first kappa shape index (κ1) is 79.3. The zero-order chi connectivity index (χ0) is 0. The summed E-state index contributed by atoms with van der Waals surface area (Å²) >= 11 is 0. The summed E-state index contributed by atoms with van der Waals surface area (Å²) in [4.78, 5) is 0. The van der Waals surface area contributed by atoms with Crippen molar-refractivity contribution >= 4 is 11.0 Å². The van der Waals surface area contributed by atoms with Crippen LogP contribution in [0.2, 0.25) is 0 Å². The van der Waals surface area contributed by atoms with Gasteiger partial charge in [-0.3, -0.25) is 0 Å². The van der Waals surface area contributed by atoms with Crippen LogP contribution in [-0.4, -0.2) is 21.9 Å². The maximum absolute atomic E-state index is 0. The molecule has 0 radical (unpaired) electrons. The van der Waals surface area contributed by atoms with Crippen LogP contribution < -0.4 is 0 Å². The van der Waals surface area contributed by atoms with E-state index in [1.165, 1.54) is 0 Å². The molecule has 0 spiro atoms. The summed E-state index contributed by atoms with van der Waals surface area (Å²) in [7, 11) is 0. The summed E-state index contributed by atoms with van der Waals surface area (Å²) in [5, 5.41) is 0. The van der Waals surface area contributed by atoms with Gasteiger partial charge >= 0.3 is 0 Å². The Balaban J connectivity index is 0. The molecule has 0 aliphatic rings. The molecule has 28 valence electrons. The van der Waals surface area contributed by atoms with E-state index >= 15 is 0 Å². The van der Waals surface area contributed by atoms with Gasteiger partial charge in [0.1, 0.15) is 0 Å². The number of hydrogen-bond donors (Lipinski definition) is 0. The van der Waals surface area contributed by atoms with Gasteiger partial charge in [-0.15, -0.1) is 0 Å². The van der Waals surface area contributed by atoms with Crippen LogP contribution in [0.5, 0.6) is 0 Å². The van der Waals surface area contributed by atoms with Gasteiger partial charge in [-0.1, -0.05) is 0 Å². The maximum atomic E-state index is 0. The molecule has 4 heteroatoms. The molecule has 0 aliphatic carbocycles. The summed E-state index contributed by atoms with van der Waals surface area (Å²) in [6.07, 6.45) is 0. The minimum atomic E-state index is 0. The van der Waals surface area contributed by atoms with Gasteiger partial charge in [-0.25, -0.2) is 0 Å². The molecule has 0 aromatic rings. The Morgan fingerprint density at radius 2 is 0.750 bits per heavy atom. The van der Waals surface area contributed by atoms with Crippen LogP contribution in [0.25, 0.3) is 0 Å². The fourth-order valence-corrected chi connectivity index (χ4v) is 0. The molecule has 0 rings (SSSR count).